The summed E-state index contributed by atoms with van der Waals surface area (Å²) in [4.78, 5) is 3.82. The number of aromatic nitrogens is 4. The van der Waals surface area contributed by atoms with Gasteiger partial charge in [0.25, 0.3) is 0 Å². The van der Waals surface area contributed by atoms with Crippen molar-refractivity contribution in [2.24, 2.45) is 0 Å². The molecule has 1 N–H and O–H groups in total. The largest absolute Gasteiger partial charge is 0.417 e. The summed E-state index contributed by atoms with van der Waals surface area (Å²) >= 11 is 0. The van der Waals surface area contributed by atoms with Crippen LogP contribution in [-0.4, -0.2) is 19.7 Å². The lowest BCUT2D eigenvalue weighted by molar-refractivity contribution is -0.137. The average molecular weight is 311 g/mol. The summed E-state index contributed by atoms with van der Waals surface area (Å²) in [5.74, 6) is 2.14. The number of nitrogens with zero attached hydrogens (tertiary/aromatic N) is 4. The Bertz CT molecular complexity index is 647. The second-order valence-electron chi connectivity index (χ2n) is 5.38. The van der Waals surface area contributed by atoms with Crippen LogP contribution in [0.2, 0.25) is 0 Å². The molecule has 8 heteroatoms. The number of nitrogens with one attached hydrogen (secondary N) is 1. The molecule has 0 radical (unpaired) electrons. The Morgan fingerprint density at radius 1 is 1.23 bits per heavy atom. The molecule has 3 heterocycles. The zero-order valence-electron chi connectivity index (χ0n) is 12.1. The minimum atomic E-state index is -4.37. The van der Waals surface area contributed by atoms with E-state index < -0.39 is 11.7 Å². The zero-order valence-corrected chi connectivity index (χ0v) is 12.1. The van der Waals surface area contributed by atoms with Crippen molar-refractivity contribution in [1.82, 2.24) is 19.7 Å². The van der Waals surface area contributed by atoms with Crippen LogP contribution >= 0.6 is 0 Å². The lowest BCUT2D eigenvalue weighted by Crippen LogP contribution is -2.18. The Labute approximate surface area is 125 Å². The van der Waals surface area contributed by atoms with Gasteiger partial charge >= 0.3 is 6.18 Å². The Morgan fingerprint density at radius 2 is 2.05 bits per heavy atom. The molecular weight excluding hydrogens is 295 g/mol. The van der Waals surface area contributed by atoms with Gasteiger partial charge in [0.1, 0.15) is 11.6 Å². The quantitative estimate of drug-likeness (QED) is 0.946. The molecule has 0 spiro atoms. The van der Waals surface area contributed by atoms with Crippen molar-refractivity contribution in [1.29, 1.82) is 0 Å². The van der Waals surface area contributed by atoms with Gasteiger partial charge in [0.2, 0.25) is 0 Å². The molecule has 1 aliphatic rings. The van der Waals surface area contributed by atoms with E-state index in [2.05, 4.69) is 25.1 Å². The van der Waals surface area contributed by atoms with E-state index in [1.54, 1.807) is 0 Å². The first-order valence-corrected chi connectivity index (χ1v) is 7.17. The molecule has 0 unspecified atom stereocenters. The fourth-order valence-electron chi connectivity index (χ4n) is 2.58. The van der Waals surface area contributed by atoms with Gasteiger partial charge in [-0.1, -0.05) is 0 Å². The van der Waals surface area contributed by atoms with Crippen LogP contribution in [0.1, 0.15) is 43.0 Å². The first-order valence-electron chi connectivity index (χ1n) is 7.17. The Morgan fingerprint density at radius 3 is 2.73 bits per heavy atom. The lowest BCUT2D eigenvalue weighted by atomic mass is 10.1. The van der Waals surface area contributed by atoms with E-state index >= 15 is 0 Å². The van der Waals surface area contributed by atoms with Crippen molar-refractivity contribution >= 4 is 5.82 Å². The maximum absolute atomic E-state index is 12.5. The number of hydrogen-bond acceptors (Lipinski definition) is 4. The number of alkyl halides is 3. The average Bonchev–Trinajstić information content (AvgIpc) is 2.91. The smallest absolute Gasteiger partial charge is 0.360 e. The Kier molecular flexibility index (Phi) is 3.76. The van der Waals surface area contributed by atoms with Gasteiger partial charge in [-0.25, -0.2) is 4.98 Å². The van der Waals surface area contributed by atoms with E-state index in [0.29, 0.717) is 5.82 Å². The molecule has 1 aliphatic heterocycles. The maximum atomic E-state index is 12.5. The van der Waals surface area contributed by atoms with Crippen molar-refractivity contribution in [3.05, 3.63) is 35.5 Å². The highest BCUT2D eigenvalue weighted by molar-refractivity contribution is 5.38. The van der Waals surface area contributed by atoms with E-state index in [-0.39, 0.29) is 6.04 Å². The summed E-state index contributed by atoms with van der Waals surface area (Å²) in [7, 11) is 0. The first kappa shape index (κ1) is 14.8. The van der Waals surface area contributed by atoms with Crippen LogP contribution in [-0.2, 0) is 19.1 Å². The van der Waals surface area contributed by atoms with Gasteiger partial charge in [-0.05, 0) is 31.9 Å². The fraction of sp³-hybridized carbons (Fsp3) is 0.500. The highest BCUT2D eigenvalue weighted by Gasteiger charge is 2.30. The van der Waals surface area contributed by atoms with Gasteiger partial charge < -0.3 is 9.88 Å². The molecule has 0 fully saturated rings. The molecule has 1 atom stereocenters. The van der Waals surface area contributed by atoms with E-state index in [1.807, 2.05) is 6.92 Å². The number of anilines is 1. The summed E-state index contributed by atoms with van der Waals surface area (Å²) in [5, 5.41) is 11.4. The molecule has 22 heavy (non-hydrogen) atoms. The second kappa shape index (κ2) is 5.58. The molecule has 2 aromatic rings. The van der Waals surface area contributed by atoms with E-state index in [0.717, 1.165) is 49.7 Å². The Balaban J connectivity index is 1.74. The number of halogens is 3. The van der Waals surface area contributed by atoms with Gasteiger partial charge in [-0.3, -0.25) is 0 Å². The summed E-state index contributed by atoms with van der Waals surface area (Å²) in [6.45, 7) is 2.77. The molecule has 0 aliphatic carbocycles. The molecule has 0 aromatic carbocycles. The van der Waals surface area contributed by atoms with Crippen LogP contribution in [0.15, 0.2) is 18.3 Å². The van der Waals surface area contributed by atoms with Crippen molar-refractivity contribution in [3.63, 3.8) is 0 Å². The maximum Gasteiger partial charge on any atom is 0.417 e. The standard InChI is InChI=1S/C14H16F3N5/c1-9(13-21-20-12-4-2-3-7-22(12)13)19-11-6-5-10(8-18-11)14(15,16)17/h5-6,8-9H,2-4,7H2,1H3,(H,18,19)/t9-/m1/s1. The molecule has 0 saturated carbocycles. The van der Waals surface area contributed by atoms with E-state index in [1.165, 1.54) is 6.07 Å². The third kappa shape index (κ3) is 2.90. The number of rotatable bonds is 3. The predicted octanol–water partition coefficient (Wildman–Crippen LogP) is 3.20. The van der Waals surface area contributed by atoms with Crippen LogP contribution in [0, 0.1) is 0 Å². The van der Waals surface area contributed by atoms with E-state index in [4.69, 9.17) is 0 Å². The molecule has 2 aromatic heterocycles. The first-order chi connectivity index (χ1) is 10.4. The number of aryl methyl sites for hydroxylation is 1. The number of pyridine rings is 1. The molecule has 0 saturated heterocycles. The van der Waals surface area contributed by atoms with Crippen LogP contribution in [0.4, 0.5) is 19.0 Å². The molecule has 5 nitrogen and oxygen atoms in total. The predicted molar refractivity (Wildman–Crippen MR) is 74.2 cm³/mol. The highest BCUT2D eigenvalue weighted by Crippen LogP contribution is 2.29. The van der Waals surface area contributed by atoms with Crippen LogP contribution in [0.25, 0.3) is 0 Å². The summed E-state index contributed by atoms with van der Waals surface area (Å²) in [6, 6.07) is 2.16. The number of fused-ring (bicyclic) bond motifs is 1. The van der Waals surface area contributed by atoms with Gasteiger partial charge in [0, 0.05) is 19.2 Å². The van der Waals surface area contributed by atoms with Crippen LogP contribution in [0.3, 0.4) is 0 Å². The zero-order chi connectivity index (χ0) is 15.7. The van der Waals surface area contributed by atoms with Crippen LogP contribution in [0.5, 0.6) is 0 Å². The minimum absolute atomic E-state index is 0.177. The second-order valence-corrected chi connectivity index (χ2v) is 5.38. The third-order valence-corrected chi connectivity index (χ3v) is 3.73. The van der Waals surface area contributed by atoms with Crippen molar-refractivity contribution < 1.29 is 13.2 Å². The lowest BCUT2D eigenvalue weighted by Gasteiger charge is -2.19. The van der Waals surface area contributed by atoms with Gasteiger partial charge in [0.05, 0.1) is 11.6 Å². The van der Waals surface area contributed by atoms with E-state index in [9.17, 15) is 13.2 Å². The van der Waals surface area contributed by atoms with Crippen molar-refractivity contribution in [2.45, 2.75) is 44.9 Å². The number of hydrogen-bond donors (Lipinski definition) is 1. The molecular formula is C14H16F3N5. The minimum Gasteiger partial charge on any atom is -0.360 e. The monoisotopic (exact) mass is 311 g/mol. The SMILES string of the molecule is C[C@@H](Nc1ccc(C(F)(F)F)cn1)c1nnc2n1CCCC2. The highest BCUT2D eigenvalue weighted by atomic mass is 19.4. The molecule has 0 bridgehead atoms. The van der Waals surface area contributed by atoms with Gasteiger partial charge in [-0.2, -0.15) is 13.2 Å². The van der Waals surface area contributed by atoms with Crippen LogP contribution < -0.4 is 5.32 Å². The van der Waals surface area contributed by atoms with Gasteiger partial charge in [0.15, 0.2) is 5.82 Å². The molecule has 3 rings (SSSR count). The molecule has 0 amide bonds. The summed E-state index contributed by atoms with van der Waals surface area (Å²) in [6.07, 6.45) is -0.431. The fourth-order valence-corrected chi connectivity index (χ4v) is 2.58. The Hall–Kier alpha value is -2.12. The van der Waals surface area contributed by atoms with Crippen molar-refractivity contribution in [2.75, 3.05) is 5.32 Å². The van der Waals surface area contributed by atoms with Crippen molar-refractivity contribution in [3.8, 4) is 0 Å². The molecule has 118 valence electrons. The topological polar surface area (TPSA) is 55.6 Å². The van der Waals surface area contributed by atoms with Gasteiger partial charge in [-0.15, -0.1) is 10.2 Å². The summed E-state index contributed by atoms with van der Waals surface area (Å²) in [5.41, 5.74) is -0.759. The third-order valence-electron chi connectivity index (χ3n) is 3.73. The normalized spacial score (nSPS) is 16.2. The summed E-state index contributed by atoms with van der Waals surface area (Å²) < 4.78 is 39.6.